The molecule has 1 saturated carbocycles. The minimum atomic E-state index is 0.0416. The number of rotatable bonds is 6. The molecule has 2 N–H and O–H groups in total. The maximum atomic E-state index is 11.7. The van der Waals surface area contributed by atoms with Crippen LogP contribution in [0.5, 0.6) is 0 Å². The molecule has 0 bridgehead atoms. The highest BCUT2D eigenvalue weighted by molar-refractivity contribution is 5.95. The zero-order valence-electron chi connectivity index (χ0n) is 16.0. The Morgan fingerprint density at radius 2 is 1.75 bits per heavy atom. The Bertz CT molecular complexity index is 965. The Kier molecular flexibility index (Phi) is 5.33. The van der Waals surface area contributed by atoms with Gasteiger partial charge >= 0.3 is 0 Å². The highest BCUT2D eigenvalue weighted by Crippen LogP contribution is 2.26. The van der Waals surface area contributed by atoms with Gasteiger partial charge in [-0.15, -0.1) is 0 Å². The summed E-state index contributed by atoms with van der Waals surface area (Å²) in [6, 6.07) is 19.9. The van der Waals surface area contributed by atoms with Crippen LogP contribution in [0.2, 0.25) is 0 Å². The van der Waals surface area contributed by atoms with Crippen LogP contribution < -0.4 is 10.6 Å². The second kappa shape index (κ2) is 8.21. The number of hydrogen-bond acceptors (Lipinski definition) is 5. The molecule has 0 spiro atoms. The predicted molar refractivity (Wildman–Crippen MR) is 113 cm³/mol. The van der Waals surface area contributed by atoms with Crippen molar-refractivity contribution in [1.82, 2.24) is 9.97 Å². The number of aromatic nitrogens is 2. The minimum absolute atomic E-state index is 0.0416. The summed E-state index contributed by atoms with van der Waals surface area (Å²) in [5, 5.41) is 6.82. The van der Waals surface area contributed by atoms with Gasteiger partial charge in [-0.05, 0) is 31.9 Å². The van der Waals surface area contributed by atoms with Crippen molar-refractivity contribution < 1.29 is 4.79 Å². The monoisotopic (exact) mass is 372 g/mol. The Morgan fingerprint density at radius 3 is 2.50 bits per heavy atom. The Balaban J connectivity index is 1.66. The average Bonchev–Trinajstić information content (AvgIpc) is 3.22. The van der Waals surface area contributed by atoms with E-state index in [4.69, 9.17) is 4.98 Å². The summed E-state index contributed by atoms with van der Waals surface area (Å²) in [4.78, 5) is 21.1. The molecule has 1 aromatic heterocycles. The van der Waals surface area contributed by atoms with Crippen LogP contribution in [0.15, 0.2) is 60.7 Å². The number of nitrogens with zero attached hydrogens (tertiary/aromatic N) is 2. The van der Waals surface area contributed by atoms with E-state index >= 15 is 0 Å². The quantitative estimate of drug-likeness (QED) is 0.564. The van der Waals surface area contributed by atoms with Crippen LogP contribution >= 0.6 is 0 Å². The van der Waals surface area contributed by atoms with Crippen LogP contribution in [0.3, 0.4) is 0 Å². The van der Waals surface area contributed by atoms with Gasteiger partial charge < -0.3 is 10.6 Å². The Hall–Kier alpha value is -3.21. The molecule has 1 heterocycles. The normalized spacial score (nSPS) is 14.0. The molecular weight excluding hydrogens is 348 g/mol. The fourth-order valence-electron chi connectivity index (χ4n) is 3.55. The lowest BCUT2D eigenvalue weighted by Gasteiger charge is -2.15. The second-order valence-corrected chi connectivity index (χ2v) is 7.22. The molecule has 28 heavy (non-hydrogen) atoms. The van der Waals surface area contributed by atoms with E-state index in [0.29, 0.717) is 23.4 Å². The molecule has 1 aliphatic rings. The number of hydrogen-bond donors (Lipinski definition) is 2. The van der Waals surface area contributed by atoms with Gasteiger partial charge in [0.2, 0.25) is 5.95 Å². The van der Waals surface area contributed by atoms with Gasteiger partial charge in [-0.3, -0.25) is 4.79 Å². The summed E-state index contributed by atoms with van der Waals surface area (Å²) in [5.74, 6) is 1.38. The summed E-state index contributed by atoms with van der Waals surface area (Å²) in [5.41, 5.74) is 3.41. The van der Waals surface area contributed by atoms with Crippen LogP contribution in [-0.4, -0.2) is 21.8 Å². The molecular formula is C23H24N4O. The van der Waals surface area contributed by atoms with Crippen molar-refractivity contribution in [1.29, 1.82) is 0 Å². The number of nitrogens with one attached hydrogen (secondary N) is 2. The zero-order chi connectivity index (χ0) is 19.3. The summed E-state index contributed by atoms with van der Waals surface area (Å²) < 4.78 is 0. The van der Waals surface area contributed by atoms with Crippen molar-refractivity contribution in [3.05, 3.63) is 66.2 Å². The zero-order valence-corrected chi connectivity index (χ0v) is 16.0. The van der Waals surface area contributed by atoms with E-state index in [0.717, 1.165) is 29.8 Å². The number of carbonyl (C=O) groups excluding carboxylic acids is 1. The number of anilines is 3. The molecule has 3 aromatic rings. The fraction of sp³-hybridized carbons (Fsp3) is 0.261. The van der Waals surface area contributed by atoms with Crippen LogP contribution in [0, 0.1) is 0 Å². The van der Waals surface area contributed by atoms with Crippen molar-refractivity contribution in [2.75, 3.05) is 10.6 Å². The highest BCUT2D eigenvalue weighted by atomic mass is 16.1. The van der Waals surface area contributed by atoms with Gasteiger partial charge in [0.25, 0.3) is 0 Å². The molecule has 0 unspecified atom stereocenters. The fourth-order valence-corrected chi connectivity index (χ4v) is 3.55. The van der Waals surface area contributed by atoms with Crippen LogP contribution in [-0.2, 0) is 0 Å². The maximum absolute atomic E-state index is 11.7. The van der Waals surface area contributed by atoms with Crippen molar-refractivity contribution in [3.8, 4) is 11.3 Å². The van der Waals surface area contributed by atoms with Gasteiger partial charge in [0.05, 0.1) is 5.69 Å². The third-order valence-electron chi connectivity index (χ3n) is 5.03. The molecule has 5 nitrogen and oxygen atoms in total. The van der Waals surface area contributed by atoms with Crippen molar-refractivity contribution >= 4 is 23.2 Å². The first-order valence-electron chi connectivity index (χ1n) is 9.76. The van der Waals surface area contributed by atoms with Crippen molar-refractivity contribution in [3.63, 3.8) is 0 Å². The Morgan fingerprint density at radius 1 is 0.964 bits per heavy atom. The standard InChI is InChI=1S/C23H24N4O/c1-16(28)18-10-7-13-20(14-18)24-22-15-21(17-8-3-2-4-9-17)26-23(27-22)25-19-11-5-6-12-19/h2-4,7-10,13-15,19H,5-6,11-12H2,1H3,(H2,24,25,26,27). The van der Waals surface area contributed by atoms with Crippen molar-refractivity contribution in [2.24, 2.45) is 0 Å². The van der Waals surface area contributed by atoms with Gasteiger partial charge in [0.1, 0.15) is 5.82 Å². The lowest BCUT2D eigenvalue weighted by Crippen LogP contribution is -2.17. The summed E-state index contributed by atoms with van der Waals surface area (Å²) in [6.07, 6.45) is 4.81. The predicted octanol–water partition coefficient (Wildman–Crippen LogP) is 5.44. The van der Waals surface area contributed by atoms with Gasteiger partial charge in [0, 0.05) is 28.9 Å². The van der Waals surface area contributed by atoms with E-state index in [1.165, 1.54) is 12.8 Å². The van der Waals surface area contributed by atoms with Crippen LogP contribution in [0.4, 0.5) is 17.5 Å². The molecule has 2 aromatic carbocycles. The number of ketones is 1. The largest absolute Gasteiger partial charge is 0.351 e. The molecule has 0 aliphatic heterocycles. The second-order valence-electron chi connectivity index (χ2n) is 7.22. The SMILES string of the molecule is CC(=O)c1cccc(Nc2cc(-c3ccccc3)nc(NC3CCCC3)n2)c1. The van der Waals surface area contributed by atoms with Gasteiger partial charge in [-0.1, -0.05) is 55.3 Å². The highest BCUT2D eigenvalue weighted by Gasteiger charge is 2.17. The van der Waals surface area contributed by atoms with E-state index in [-0.39, 0.29) is 5.78 Å². The minimum Gasteiger partial charge on any atom is -0.351 e. The lowest BCUT2D eigenvalue weighted by molar-refractivity contribution is 0.101. The molecule has 0 atom stereocenters. The first-order valence-corrected chi connectivity index (χ1v) is 9.76. The molecule has 1 fully saturated rings. The average molecular weight is 372 g/mol. The van der Waals surface area contributed by atoms with Crippen LogP contribution in [0.1, 0.15) is 43.0 Å². The van der Waals surface area contributed by atoms with E-state index in [1.807, 2.05) is 60.7 Å². The lowest BCUT2D eigenvalue weighted by atomic mass is 10.1. The smallest absolute Gasteiger partial charge is 0.225 e. The summed E-state index contributed by atoms with van der Waals surface area (Å²) in [6.45, 7) is 1.57. The topological polar surface area (TPSA) is 66.9 Å². The van der Waals surface area contributed by atoms with E-state index in [9.17, 15) is 4.79 Å². The summed E-state index contributed by atoms with van der Waals surface area (Å²) >= 11 is 0. The van der Waals surface area contributed by atoms with Gasteiger partial charge in [0.15, 0.2) is 5.78 Å². The third kappa shape index (κ3) is 4.36. The maximum Gasteiger partial charge on any atom is 0.225 e. The third-order valence-corrected chi connectivity index (χ3v) is 5.03. The van der Waals surface area contributed by atoms with Gasteiger partial charge in [-0.25, -0.2) is 4.98 Å². The van der Waals surface area contributed by atoms with E-state index in [1.54, 1.807) is 6.92 Å². The van der Waals surface area contributed by atoms with E-state index < -0.39 is 0 Å². The molecule has 0 saturated heterocycles. The van der Waals surface area contributed by atoms with Gasteiger partial charge in [-0.2, -0.15) is 4.98 Å². The number of Topliss-reactive ketones (excluding diaryl/α,β-unsaturated/α-hetero) is 1. The molecule has 142 valence electrons. The molecule has 0 radical (unpaired) electrons. The first-order chi connectivity index (χ1) is 13.7. The van der Waals surface area contributed by atoms with Crippen LogP contribution in [0.25, 0.3) is 11.3 Å². The molecule has 4 rings (SSSR count). The van der Waals surface area contributed by atoms with E-state index in [2.05, 4.69) is 15.6 Å². The number of benzene rings is 2. The first kappa shape index (κ1) is 18.2. The van der Waals surface area contributed by atoms with Crippen molar-refractivity contribution in [2.45, 2.75) is 38.6 Å². The molecule has 1 aliphatic carbocycles. The number of carbonyl (C=O) groups is 1. The Labute approximate surface area is 165 Å². The molecule has 5 heteroatoms. The summed E-state index contributed by atoms with van der Waals surface area (Å²) in [7, 11) is 0. The molecule has 0 amide bonds.